The van der Waals surface area contributed by atoms with Gasteiger partial charge in [0.1, 0.15) is 0 Å². The van der Waals surface area contributed by atoms with E-state index in [0.29, 0.717) is 25.1 Å². The summed E-state index contributed by atoms with van der Waals surface area (Å²) < 4.78 is 9.64. The van der Waals surface area contributed by atoms with Crippen LogP contribution in [0.15, 0.2) is 24.3 Å². The molecule has 1 amide bonds. The van der Waals surface area contributed by atoms with Gasteiger partial charge in [-0.3, -0.25) is 4.79 Å². The standard InChI is InChI=1S/C16H23NO4/c1-4-17(5-2)15(18)14-10-8-7-9-13(14)11-12-21-16(19)20-6-3/h7-10H,4-6,11-12H2,1-3H3. The molecule has 5 heteroatoms. The van der Waals surface area contributed by atoms with Crippen molar-refractivity contribution in [3.05, 3.63) is 35.4 Å². The Kier molecular flexibility index (Phi) is 7.29. The summed E-state index contributed by atoms with van der Waals surface area (Å²) >= 11 is 0. The van der Waals surface area contributed by atoms with Crippen molar-refractivity contribution in [3.8, 4) is 0 Å². The summed E-state index contributed by atoms with van der Waals surface area (Å²) in [6, 6.07) is 7.40. The van der Waals surface area contributed by atoms with E-state index in [2.05, 4.69) is 0 Å². The molecular formula is C16H23NO4. The van der Waals surface area contributed by atoms with Crippen molar-refractivity contribution in [1.82, 2.24) is 4.90 Å². The molecule has 0 fully saturated rings. The van der Waals surface area contributed by atoms with Gasteiger partial charge in [0.15, 0.2) is 0 Å². The molecule has 0 aliphatic rings. The van der Waals surface area contributed by atoms with E-state index in [1.165, 1.54) is 0 Å². The second-order valence-corrected chi connectivity index (χ2v) is 4.42. The van der Waals surface area contributed by atoms with Crippen LogP contribution in [0.5, 0.6) is 0 Å². The first-order valence-corrected chi connectivity index (χ1v) is 7.30. The van der Waals surface area contributed by atoms with Crippen LogP contribution >= 0.6 is 0 Å². The topological polar surface area (TPSA) is 55.8 Å². The molecule has 0 saturated heterocycles. The quantitative estimate of drug-likeness (QED) is 0.725. The largest absolute Gasteiger partial charge is 0.508 e. The first-order chi connectivity index (χ1) is 10.1. The van der Waals surface area contributed by atoms with Gasteiger partial charge in [0, 0.05) is 25.1 Å². The molecule has 0 saturated carbocycles. The normalized spacial score (nSPS) is 10.0. The Bertz CT molecular complexity index is 469. The third-order valence-electron chi connectivity index (χ3n) is 3.15. The Labute approximate surface area is 125 Å². The summed E-state index contributed by atoms with van der Waals surface area (Å²) in [6.45, 7) is 7.45. The molecule has 1 rings (SSSR count). The second kappa shape index (κ2) is 9.00. The molecule has 0 unspecified atom stereocenters. The van der Waals surface area contributed by atoms with Crippen LogP contribution in [0.2, 0.25) is 0 Å². The molecule has 0 radical (unpaired) electrons. The van der Waals surface area contributed by atoms with E-state index >= 15 is 0 Å². The first kappa shape index (κ1) is 17.0. The fourth-order valence-electron chi connectivity index (χ4n) is 2.03. The van der Waals surface area contributed by atoms with Crippen LogP contribution in [0, 0.1) is 0 Å². The van der Waals surface area contributed by atoms with Gasteiger partial charge in [-0.2, -0.15) is 0 Å². The maximum atomic E-state index is 12.4. The molecule has 0 aliphatic heterocycles. The Morgan fingerprint density at radius 1 is 1.05 bits per heavy atom. The number of amides is 1. The summed E-state index contributed by atoms with van der Waals surface area (Å²) in [4.78, 5) is 25.3. The second-order valence-electron chi connectivity index (χ2n) is 4.42. The molecule has 1 aromatic carbocycles. The van der Waals surface area contributed by atoms with Crippen LogP contribution in [0.1, 0.15) is 36.7 Å². The van der Waals surface area contributed by atoms with Crippen molar-refractivity contribution in [2.45, 2.75) is 27.2 Å². The molecule has 21 heavy (non-hydrogen) atoms. The van der Waals surface area contributed by atoms with Crippen LogP contribution < -0.4 is 0 Å². The molecule has 0 atom stereocenters. The molecule has 1 aromatic rings. The summed E-state index contributed by atoms with van der Waals surface area (Å²) in [5.41, 5.74) is 1.53. The van der Waals surface area contributed by atoms with Gasteiger partial charge in [-0.25, -0.2) is 4.79 Å². The average molecular weight is 293 g/mol. The minimum Gasteiger partial charge on any atom is -0.435 e. The lowest BCUT2D eigenvalue weighted by molar-refractivity contribution is 0.0599. The number of rotatable bonds is 7. The summed E-state index contributed by atoms with van der Waals surface area (Å²) in [5.74, 6) is 0.00624. The number of ether oxygens (including phenoxy) is 2. The molecule has 0 N–H and O–H groups in total. The Morgan fingerprint density at radius 3 is 2.33 bits per heavy atom. The Balaban J connectivity index is 2.71. The lowest BCUT2D eigenvalue weighted by Crippen LogP contribution is -2.31. The average Bonchev–Trinajstić information content (AvgIpc) is 2.49. The Hall–Kier alpha value is -2.04. The highest BCUT2D eigenvalue weighted by Gasteiger charge is 2.16. The third kappa shape index (κ3) is 5.10. The van der Waals surface area contributed by atoms with Crippen LogP contribution in [-0.4, -0.2) is 43.3 Å². The molecule has 0 heterocycles. The van der Waals surface area contributed by atoms with Gasteiger partial charge in [-0.1, -0.05) is 18.2 Å². The zero-order chi connectivity index (χ0) is 15.7. The minimum atomic E-state index is -0.676. The molecule has 0 spiro atoms. The molecule has 0 bridgehead atoms. The van der Waals surface area contributed by atoms with Gasteiger partial charge >= 0.3 is 6.16 Å². The van der Waals surface area contributed by atoms with Gasteiger partial charge in [-0.05, 0) is 32.4 Å². The molecule has 116 valence electrons. The number of nitrogens with zero attached hydrogens (tertiary/aromatic N) is 1. The van der Waals surface area contributed by atoms with Gasteiger partial charge in [0.2, 0.25) is 0 Å². The van der Waals surface area contributed by atoms with E-state index < -0.39 is 6.16 Å². The van der Waals surface area contributed by atoms with Crippen molar-refractivity contribution in [2.75, 3.05) is 26.3 Å². The van der Waals surface area contributed by atoms with Gasteiger partial charge < -0.3 is 14.4 Å². The van der Waals surface area contributed by atoms with Crippen LogP contribution in [-0.2, 0) is 15.9 Å². The fraction of sp³-hybridized carbons (Fsp3) is 0.500. The summed E-state index contributed by atoms with van der Waals surface area (Å²) in [6.07, 6.45) is -0.188. The highest BCUT2D eigenvalue weighted by molar-refractivity contribution is 5.95. The fourth-order valence-corrected chi connectivity index (χ4v) is 2.03. The van der Waals surface area contributed by atoms with E-state index in [-0.39, 0.29) is 19.1 Å². The van der Waals surface area contributed by atoms with E-state index in [1.807, 2.05) is 32.0 Å². The summed E-state index contributed by atoms with van der Waals surface area (Å²) in [7, 11) is 0. The molecule has 0 aliphatic carbocycles. The zero-order valence-corrected chi connectivity index (χ0v) is 12.9. The first-order valence-electron chi connectivity index (χ1n) is 7.30. The lowest BCUT2D eigenvalue weighted by atomic mass is 10.0. The van der Waals surface area contributed by atoms with Crippen molar-refractivity contribution >= 4 is 12.1 Å². The number of hydrogen-bond donors (Lipinski definition) is 0. The monoisotopic (exact) mass is 293 g/mol. The van der Waals surface area contributed by atoms with Gasteiger partial charge in [0.25, 0.3) is 5.91 Å². The van der Waals surface area contributed by atoms with Crippen molar-refractivity contribution in [3.63, 3.8) is 0 Å². The van der Waals surface area contributed by atoms with E-state index in [4.69, 9.17) is 9.47 Å². The summed E-state index contributed by atoms with van der Waals surface area (Å²) in [5, 5.41) is 0. The maximum absolute atomic E-state index is 12.4. The number of carbonyl (C=O) groups is 2. The zero-order valence-electron chi connectivity index (χ0n) is 12.9. The number of hydrogen-bond acceptors (Lipinski definition) is 4. The lowest BCUT2D eigenvalue weighted by Gasteiger charge is -2.20. The highest BCUT2D eigenvalue weighted by Crippen LogP contribution is 2.13. The third-order valence-corrected chi connectivity index (χ3v) is 3.15. The number of benzene rings is 1. The van der Waals surface area contributed by atoms with Crippen molar-refractivity contribution in [2.24, 2.45) is 0 Å². The molecule has 5 nitrogen and oxygen atoms in total. The van der Waals surface area contributed by atoms with Gasteiger partial charge in [0.05, 0.1) is 13.2 Å². The predicted molar refractivity (Wildman–Crippen MR) is 80.4 cm³/mol. The minimum absolute atomic E-state index is 0.00624. The van der Waals surface area contributed by atoms with Crippen LogP contribution in [0.3, 0.4) is 0 Å². The SMILES string of the molecule is CCOC(=O)OCCc1ccccc1C(=O)N(CC)CC. The van der Waals surface area contributed by atoms with Crippen molar-refractivity contribution < 1.29 is 19.1 Å². The Morgan fingerprint density at radius 2 is 1.71 bits per heavy atom. The van der Waals surface area contributed by atoms with Crippen LogP contribution in [0.4, 0.5) is 4.79 Å². The van der Waals surface area contributed by atoms with E-state index in [1.54, 1.807) is 17.9 Å². The van der Waals surface area contributed by atoms with E-state index in [9.17, 15) is 9.59 Å². The molecular weight excluding hydrogens is 270 g/mol. The maximum Gasteiger partial charge on any atom is 0.508 e. The van der Waals surface area contributed by atoms with E-state index in [0.717, 1.165) is 5.56 Å². The molecule has 0 aromatic heterocycles. The van der Waals surface area contributed by atoms with Gasteiger partial charge in [-0.15, -0.1) is 0 Å². The smallest absolute Gasteiger partial charge is 0.435 e. The number of carbonyl (C=O) groups excluding carboxylic acids is 2. The highest BCUT2D eigenvalue weighted by atomic mass is 16.7. The van der Waals surface area contributed by atoms with Crippen molar-refractivity contribution in [1.29, 1.82) is 0 Å². The van der Waals surface area contributed by atoms with Crippen LogP contribution in [0.25, 0.3) is 0 Å². The predicted octanol–water partition coefficient (Wildman–Crippen LogP) is 2.88.